The van der Waals surface area contributed by atoms with Gasteiger partial charge in [-0.25, -0.2) is 0 Å². The highest BCUT2D eigenvalue weighted by Gasteiger charge is 2.10. The normalized spacial score (nSPS) is 13.4. The standard InChI is InChI=1S/C10H10O.C3H8/c1-8-6-9-4-2-3-5-10(9)11-7-8;1-3-2/h2-5H,1,6-7H2;3H2,1-2H3. The van der Waals surface area contributed by atoms with Crippen molar-refractivity contribution < 1.29 is 4.74 Å². The van der Waals surface area contributed by atoms with E-state index in [9.17, 15) is 0 Å². The highest BCUT2D eigenvalue weighted by molar-refractivity contribution is 5.38. The molecule has 14 heavy (non-hydrogen) atoms. The van der Waals surface area contributed by atoms with Gasteiger partial charge >= 0.3 is 0 Å². The molecule has 0 saturated heterocycles. The van der Waals surface area contributed by atoms with E-state index in [0.717, 1.165) is 17.7 Å². The Morgan fingerprint density at radius 2 is 1.93 bits per heavy atom. The fraction of sp³-hybridized carbons (Fsp3) is 0.385. The van der Waals surface area contributed by atoms with Crippen LogP contribution in [-0.2, 0) is 6.42 Å². The third kappa shape index (κ3) is 2.91. The topological polar surface area (TPSA) is 9.23 Å². The third-order valence-electron chi connectivity index (χ3n) is 1.84. The van der Waals surface area contributed by atoms with Crippen molar-refractivity contribution in [1.82, 2.24) is 0 Å². The van der Waals surface area contributed by atoms with Crippen molar-refractivity contribution in [1.29, 1.82) is 0 Å². The highest BCUT2D eigenvalue weighted by Crippen LogP contribution is 2.25. The summed E-state index contributed by atoms with van der Waals surface area (Å²) in [5.41, 5.74) is 2.41. The van der Waals surface area contributed by atoms with Crippen LogP contribution in [0.4, 0.5) is 0 Å². The summed E-state index contributed by atoms with van der Waals surface area (Å²) in [6, 6.07) is 8.11. The lowest BCUT2D eigenvalue weighted by Crippen LogP contribution is -2.10. The first-order chi connectivity index (χ1) is 6.77. The van der Waals surface area contributed by atoms with E-state index in [1.54, 1.807) is 0 Å². The molecule has 1 aromatic carbocycles. The molecule has 2 rings (SSSR count). The Kier molecular flexibility index (Phi) is 4.24. The summed E-state index contributed by atoms with van der Waals surface area (Å²) >= 11 is 0. The first-order valence-electron chi connectivity index (χ1n) is 5.15. The molecule has 0 aromatic heterocycles. The Morgan fingerprint density at radius 3 is 2.64 bits per heavy atom. The number of fused-ring (bicyclic) bond motifs is 1. The van der Waals surface area contributed by atoms with E-state index in [0.29, 0.717) is 6.61 Å². The van der Waals surface area contributed by atoms with Gasteiger partial charge in [0.1, 0.15) is 12.4 Å². The predicted octanol–water partition coefficient (Wildman–Crippen LogP) is 3.59. The molecule has 1 aromatic rings. The molecular formula is C13H18O. The van der Waals surface area contributed by atoms with Crippen LogP contribution >= 0.6 is 0 Å². The molecule has 1 aliphatic heterocycles. The highest BCUT2D eigenvalue weighted by atomic mass is 16.5. The summed E-state index contributed by atoms with van der Waals surface area (Å²) < 4.78 is 5.44. The van der Waals surface area contributed by atoms with Crippen molar-refractivity contribution in [3.05, 3.63) is 42.0 Å². The van der Waals surface area contributed by atoms with Gasteiger partial charge in [0.15, 0.2) is 0 Å². The van der Waals surface area contributed by atoms with Gasteiger partial charge in [-0.15, -0.1) is 0 Å². The average molecular weight is 190 g/mol. The Labute approximate surface area is 86.4 Å². The average Bonchev–Trinajstić information content (AvgIpc) is 2.19. The zero-order chi connectivity index (χ0) is 10.4. The maximum Gasteiger partial charge on any atom is 0.123 e. The predicted molar refractivity (Wildman–Crippen MR) is 60.7 cm³/mol. The van der Waals surface area contributed by atoms with E-state index in [4.69, 9.17) is 4.74 Å². The van der Waals surface area contributed by atoms with Crippen molar-refractivity contribution in [2.45, 2.75) is 26.7 Å². The van der Waals surface area contributed by atoms with Gasteiger partial charge in [-0.1, -0.05) is 45.0 Å². The van der Waals surface area contributed by atoms with Crippen LogP contribution < -0.4 is 4.74 Å². The minimum absolute atomic E-state index is 0.678. The van der Waals surface area contributed by atoms with Gasteiger partial charge in [-0.05, 0) is 17.2 Å². The molecule has 1 aliphatic rings. The lowest BCUT2D eigenvalue weighted by Gasteiger charge is -2.18. The largest absolute Gasteiger partial charge is 0.489 e. The molecule has 0 atom stereocenters. The van der Waals surface area contributed by atoms with Crippen LogP contribution in [0.3, 0.4) is 0 Å². The van der Waals surface area contributed by atoms with Gasteiger partial charge in [0.05, 0.1) is 0 Å². The van der Waals surface area contributed by atoms with Gasteiger partial charge in [0.25, 0.3) is 0 Å². The smallest absolute Gasteiger partial charge is 0.123 e. The second-order valence-corrected chi connectivity index (χ2v) is 3.53. The molecule has 1 nitrogen and oxygen atoms in total. The van der Waals surface area contributed by atoms with Crippen molar-refractivity contribution in [2.24, 2.45) is 0 Å². The summed E-state index contributed by atoms with van der Waals surface area (Å²) in [6.07, 6.45) is 2.22. The lowest BCUT2D eigenvalue weighted by molar-refractivity contribution is 0.332. The number of para-hydroxylation sites is 1. The van der Waals surface area contributed by atoms with E-state index in [2.05, 4.69) is 26.5 Å². The molecule has 0 aliphatic carbocycles. The van der Waals surface area contributed by atoms with E-state index < -0.39 is 0 Å². The molecule has 1 heterocycles. The molecule has 0 fully saturated rings. The minimum atomic E-state index is 0.678. The molecule has 76 valence electrons. The Bertz CT molecular complexity index is 302. The SMILES string of the molecule is C=C1COc2ccccc2C1.CCC. The van der Waals surface area contributed by atoms with Crippen LogP contribution in [-0.4, -0.2) is 6.61 Å². The molecular weight excluding hydrogens is 172 g/mol. The number of hydrogen-bond acceptors (Lipinski definition) is 1. The maximum atomic E-state index is 5.44. The quantitative estimate of drug-likeness (QED) is 0.568. The second kappa shape index (κ2) is 5.48. The van der Waals surface area contributed by atoms with Crippen LogP contribution in [0.25, 0.3) is 0 Å². The molecule has 0 bridgehead atoms. The van der Waals surface area contributed by atoms with E-state index in [1.807, 2.05) is 18.2 Å². The number of ether oxygens (including phenoxy) is 1. The van der Waals surface area contributed by atoms with Gasteiger partial charge in [0, 0.05) is 6.42 Å². The zero-order valence-corrected chi connectivity index (χ0v) is 9.05. The third-order valence-corrected chi connectivity index (χ3v) is 1.84. The Hall–Kier alpha value is -1.24. The van der Waals surface area contributed by atoms with Crippen molar-refractivity contribution in [3.8, 4) is 5.75 Å². The fourth-order valence-electron chi connectivity index (χ4n) is 1.29. The van der Waals surface area contributed by atoms with Gasteiger partial charge in [-0.2, -0.15) is 0 Å². The minimum Gasteiger partial charge on any atom is -0.489 e. The fourth-order valence-corrected chi connectivity index (χ4v) is 1.29. The van der Waals surface area contributed by atoms with E-state index >= 15 is 0 Å². The summed E-state index contributed by atoms with van der Waals surface area (Å²) in [4.78, 5) is 0. The molecule has 0 spiro atoms. The summed E-state index contributed by atoms with van der Waals surface area (Å²) in [7, 11) is 0. The molecule has 1 heteroatoms. The Morgan fingerprint density at radius 1 is 1.29 bits per heavy atom. The van der Waals surface area contributed by atoms with Crippen LogP contribution in [0.1, 0.15) is 25.8 Å². The lowest BCUT2D eigenvalue weighted by atomic mass is 10.0. The molecule has 0 N–H and O–H groups in total. The first-order valence-corrected chi connectivity index (χ1v) is 5.15. The monoisotopic (exact) mass is 190 g/mol. The Balaban J connectivity index is 0.000000293. The van der Waals surface area contributed by atoms with Crippen LogP contribution in [0, 0.1) is 0 Å². The van der Waals surface area contributed by atoms with Gasteiger partial charge in [-0.3, -0.25) is 0 Å². The number of rotatable bonds is 0. The van der Waals surface area contributed by atoms with Gasteiger partial charge < -0.3 is 4.74 Å². The van der Waals surface area contributed by atoms with E-state index in [1.165, 1.54) is 12.0 Å². The number of benzene rings is 1. The maximum absolute atomic E-state index is 5.44. The number of hydrogen-bond donors (Lipinski definition) is 0. The van der Waals surface area contributed by atoms with Crippen LogP contribution in [0.5, 0.6) is 5.75 Å². The van der Waals surface area contributed by atoms with Crippen LogP contribution in [0.15, 0.2) is 36.4 Å². The zero-order valence-electron chi connectivity index (χ0n) is 9.05. The molecule has 0 unspecified atom stereocenters. The van der Waals surface area contributed by atoms with Gasteiger partial charge in [0.2, 0.25) is 0 Å². The molecule has 0 saturated carbocycles. The van der Waals surface area contributed by atoms with Crippen LogP contribution in [0.2, 0.25) is 0 Å². The summed E-state index contributed by atoms with van der Waals surface area (Å²) in [5.74, 6) is 1.01. The van der Waals surface area contributed by atoms with E-state index in [-0.39, 0.29) is 0 Å². The second-order valence-electron chi connectivity index (χ2n) is 3.53. The molecule has 0 radical (unpaired) electrons. The van der Waals surface area contributed by atoms with Crippen molar-refractivity contribution >= 4 is 0 Å². The summed E-state index contributed by atoms with van der Waals surface area (Å²) in [6.45, 7) is 8.82. The van der Waals surface area contributed by atoms with Crippen molar-refractivity contribution in [3.63, 3.8) is 0 Å². The van der Waals surface area contributed by atoms with Crippen molar-refractivity contribution in [2.75, 3.05) is 6.61 Å². The first kappa shape index (κ1) is 10.8. The molecule has 0 amide bonds. The summed E-state index contributed by atoms with van der Waals surface area (Å²) in [5, 5.41) is 0.